The number of aldehydes is 1. The van der Waals surface area contributed by atoms with Gasteiger partial charge in [0.25, 0.3) is 0 Å². The number of carbonyl (C=O) groups excluding carboxylic acids is 1. The van der Waals surface area contributed by atoms with E-state index in [4.69, 9.17) is 9.47 Å². The standard InChI is InChI=1S/C10H10O3/c1-12-10(7-13-10)9-4-2-8(6-11)3-5-9/h2-6H,7H2,1H3. The minimum atomic E-state index is -0.540. The van der Waals surface area contributed by atoms with Gasteiger partial charge in [-0.3, -0.25) is 4.79 Å². The number of hydrogen-bond donors (Lipinski definition) is 0. The van der Waals surface area contributed by atoms with Crippen LogP contribution in [0.4, 0.5) is 0 Å². The Morgan fingerprint density at radius 1 is 1.46 bits per heavy atom. The van der Waals surface area contributed by atoms with Crippen molar-refractivity contribution in [2.45, 2.75) is 5.79 Å². The van der Waals surface area contributed by atoms with Gasteiger partial charge in [-0.15, -0.1) is 0 Å². The predicted octanol–water partition coefficient (Wildman–Crippen LogP) is 1.33. The summed E-state index contributed by atoms with van der Waals surface area (Å²) in [5, 5.41) is 0. The van der Waals surface area contributed by atoms with Crippen LogP contribution in [0.25, 0.3) is 0 Å². The smallest absolute Gasteiger partial charge is 0.219 e. The monoisotopic (exact) mass is 178 g/mol. The zero-order chi connectivity index (χ0) is 9.31. The highest BCUT2D eigenvalue weighted by Crippen LogP contribution is 2.38. The van der Waals surface area contributed by atoms with Gasteiger partial charge in [-0.1, -0.05) is 24.3 Å². The average Bonchev–Trinajstić information content (AvgIpc) is 2.99. The number of ether oxygens (including phenoxy) is 2. The molecule has 2 rings (SSSR count). The minimum Gasteiger partial charge on any atom is -0.347 e. The summed E-state index contributed by atoms with van der Waals surface area (Å²) in [5.41, 5.74) is 1.62. The van der Waals surface area contributed by atoms with Gasteiger partial charge in [-0.05, 0) is 0 Å². The lowest BCUT2D eigenvalue weighted by molar-refractivity contribution is -0.0138. The van der Waals surface area contributed by atoms with Gasteiger partial charge in [0.2, 0.25) is 5.79 Å². The molecule has 1 unspecified atom stereocenters. The molecule has 1 saturated heterocycles. The van der Waals surface area contributed by atoms with Gasteiger partial charge in [0.1, 0.15) is 12.9 Å². The summed E-state index contributed by atoms with van der Waals surface area (Å²) in [4.78, 5) is 10.4. The second-order valence-electron chi connectivity index (χ2n) is 2.99. The first-order chi connectivity index (χ1) is 6.30. The molecule has 0 radical (unpaired) electrons. The first-order valence-electron chi connectivity index (χ1n) is 4.05. The van der Waals surface area contributed by atoms with Gasteiger partial charge in [-0.2, -0.15) is 0 Å². The van der Waals surface area contributed by atoms with Crippen molar-refractivity contribution in [1.82, 2.24) is 0 Å². The van der Waals surface area contributed by atoms with Crippen LogP contribution in [0.3, 0.4) is 0 Å². The van der Waals surface area contributed by atoms with Gasteiger partial charge in [0, 0.05) is 18.2 Å². The van der Waals surface area contributed by atoms with Crippen LogP contribution in [0.1, 0.15) is 15.9 Å². The maximum absolute atomic E-state index is 10.4. The topological polar surface area (TPSA) is 38.8 Å². The molecule has 0 saturated carbocycles. The zero-order valence-electron chi connectivity index (χ0n) is 7.32. The highest BCUT2D eigenvalue weighted by molar-refractivity contribution is 5.74. The highest BCUT2D eigenvalue weighted by atomic mass is 16.8. The summed E-state index contributed by atoms with van der Waals surface area (Å²) in [7, 11) is 1.61. The molecule has 0 aromatic heterocycles. The van der Waals surface area contributed by atoms with E-state index in [0.717, 1.165) is 11.8 Å². The molecule has 1 aliphatic rings. The van der Waals surface area contributed by atoms with Crippen molar-refractivity contribution in [2.24, 2.45) is 0 Å². The van der Waals surface area contributed by atoms with E-state index in [1.165, 1.54) is 0 Å². The predicted molar refractivity (Wildman–Crippen MR) is 46.5 cm³/mol. The molecular weight excluding hydrogens is 168 g/mol. The number of rotatable bonds is 3. The van der Waals surface area contributed by atoms with Crippen molar-refractivity contribution >= 4 is 6.29 Å². The van der Waals surface area contributed by atoms with Crippen LogP contribution >= 0.6 is 0 Å². The van der Waals surface area contributed by atoms with E-state index in [0.29, 0.717) is 12.2 Å². The summed E-state index contributed by atoms with van der Waals surface area (Å²) in [6, 6.07) is 7.20. The fourth-order valence-electron chi connectivity index (χ4n) is 1.28. The molecule has 0 aliphatic carbocycles. The summed E-state index contributed by atoms with van der Waals surface area (Å²) in [6.45, 7) is 0.587. The highest BCUT2D eigenvalue weighted by Gasteiger charge is 2.47. The molecule has 1 atom stereocenters. The zero-order valence-corrected chi connectivity index (χ0v) is 7.32. The van der Waals surface area contributed by atoms with Crippen molar-refractivity contribution < 1.29 is 14.3 Å². The van der Waals surface area contributed by atoms with Crippen LogP contribution in [0.15, 0.2) is 24.3 Å². The largest absolute Gasteiger partial charge is 0.347 e. The Morgan fingerprint density at radius 3 is 2.46 bits per heavy atom. The third kappa shape index (κ3) is 1.36. The lowest BCUT2D eigenvalue weighted by Crippen LogP contribution is -2.10. The third-order valence-electron chi connectivity index (χ3n) is 2.22. The van der Waals surface area contributed by atoms with E-state index in [-0.39, 0.29) is 0 Å². The van der Waals surface area contributed by atoms with Crippen molar-refractivity contribution in [3.63, 3.8) is 0 Å². The van der Waals surface area contributed by atoms with Crippen molar-refractivity contribution in [3.05, 3.63) is 35.4 Å². The van der Waals surface area contributed by atoms with Crippen LogP contribution in [0, 0.1) is 0 Å². The van der Waals surface area contributed by atoms with E-state index in [2.05, 4.69) is 0 Å². The number of benzene rings is 1. The van der Waals surface area contributed by atoms with Gasteiger partial charge >= 0.3 is 0 Å². The summed E-state index contributed by atoms with van der Waals surface area (Å²) in [5.74, 6) is -0.540. The SMILES string of the molecule is COC1(c2ccc(C=O)cc2)CO1. The molecular formula is C10H10O3. The maximum Gasteiger partial charge on any atom is 0.219 e. The number of carbonyl (C=O) groups is 1. The van der Waals surface area contributed by atoms with Gasteiger partial charge in [-0.25, -0.2) is 0 Å². The molecule has 68 valence electrons. The Morgan fingerprint density at radius 2 is 2.08 bits per heavy atom. The molecule has 0 N–H and O–H groups in total. The molecule has 3 nitrogen and oxygen atoms in total. The quantitative estimate of drug-likeness (QED) is 0.517. The Hall–Kier alpha value is -1.19. The lowest BCUT2D eigenvalue weighted by atomic mass is 10.1. The molecule has 0 amide bonds. The molecule has 1 aromatic carbocycles. The van der Waals surface area contributed by atoms with Crippen LogP contribution < -0.4 is 0 Å². The van der Waals surface area contributed by atoms with E-state index >= 15 is 0 Å². The van der Waals surface area contributed by atoms with Crippen LogP contribution in [-0.4, -0.2) is 20.0 Å². The molecule has 13 heavy (non-hydrogen) atoms. The normalized spacial score (nSPS) is 25.6. The third-order valence-corrected chi connectivity index (χ3v) is 2.22. The lowest BCUT2D eigenvalue weighted by Gasteiger charge is -2.09. The second kappa shape index (κ2) is 2.94. The fourth-order valence-corrected chi connectivity index (χ4v) is 1.28. The fraction of sp³-hybridized carbons (Fsp3) is 0.300. The number of hydrogen-bond acceptors (Lipinski definition) is 3. The molecule has 0 spiro atoms. The van der Waals surface area contributed by atoms with Crippen LogP contribution in [0.5, 0.6) is 0 Å². The first kappa shape index (κ1) is 8.41. The number of epoxide rings is 1. The van der Waals surface area contributed by atoms with E-state index in [1.807, 2.05) is 12.1 Å². The van der Waals surface area contributed by atoms with E-state index in [1.54, 1.807) is 19.2 Å². The van der Waals surface area contributed by atoms with Crippen molar-refractivity contribution in [3.8, 4) is 0 Å². The Labute approximate surface area is 76.3 Å². The molecule has 1 fully saturated rings. The average molecular weight is 178 g/mol. The van der Waals surface area contributed by atoms with Gasteiger partial charge in [0.05, 0.1) is 0 Å². The van der Waals surface area contributed by atoms with Crippen LogP contribution in [-0.2, 0) is 15.3 Å². The Balaban J connectivity index is 2.27. The van der Waals surface area contributed by atoms with Crippen molar-refractivity contribution in [2.75, 3.05) is 13.7 Å². The Bertz CT molecular complexity index is 311. The van der Waals surface area contributed by atoms with Crippen molar-refractivity contribution in [1.29, 1.82) is 0 Å². The molecule has 1 heterocycles. The van der Waals surface area contributed by atoms with E-state index < -0.39 is 5.79 Å². The summed E-state index contributed by atoms with van der Waals surface area (Å²) >= 11 is 0. The molecule has 1 aromatic rings. The number of methoxy groups -OCH3 is 1. The van der Waals surface area contributed by atoms with Gasteiger partial charge < -0.3 is 9.47 Å². The minimum absolute atomic E-state index is 0.540. The molecule has 0 bridgehead atoms. The first-order valence-corrected chi connectivity index (χ1v) is 4.05. The van der Waals surface area contributed by atoms with E-state index in [9.17, 15) is 4.79 Å². The summed E-state index contributed by atoms with van der Waals surface area (Å²) < 4.78 is 10.4. The Kier molecular flexibility index (Phi) is 1.90. The van der Waals surface area contributed by atoms with Crippen LogP contribution in [0.2, 0.25) is 0 Å². The second-order valence-corrected chi connectivity index (χ2v) is 2.99. The van der Waals surface area contributed by atoms with Gasteiger partial charge in [0.15, 0.2) is 0 Å². The maximum atomic E-state index is 10.4. The summed E-state index contributed by atoms with van der Waals surface area (Å²) in [6.07, 6.45) is 0.816. The molecule has 3 heteroatoms. The molecule has 1 aliphatic heterocycles.